The number of halogens is 2. The number of nitrogen functional groups attached to an aromatic ring is 1. The fourth-order valence-corrected chi connectivity index (χ4v) is 2.33. The second kappa shape index (κ2) is 4.59. The molecule has 0 radical (unpaired) electrons. The van der Waals surface area contributed by atoms with Gasteiger partial charge in [0.15, 0.2) is 0 Å². The SMILES string of the molecule is CCn1c(-c2ccc(N)cc2F)nc2ccc(F)cc21. The van der Waals surface area contributed by atoms with Gasteiger partial charge in [0, 0.05) is 12.2 Å². The van der Waals surface area contributed by atoms with Crippen LogP contribution in [-0.4, -0.2) is 9.55 Å². The summed E-state index contributed by atoms with van der Waals surface area (Å²) in [6.07, 6.45) is 0. The fourth-order valence-electron chi connectivity index (χ4n) is 2.33. The molecule has 0 atom stereocenters. The first-order chi connectivity index (χ1) is 9.60. The maximum absolute atomic E-state index is 14.1. The van der Waals surface area contributed by atoms with Gasteiger partial charge in [-0.1, -0.05) is 0 Å². The lowest BCUT2D eigenvalue weighted by Gasteiger charge is -2.07. The summed E-state index contributed by atoms with van der Waals surface area (Å²) in [6.45, 7) is 2.48. The quantitative estimate of drug-likeness (QED) is 0.725. The molecule has 1 aromatic heterocycles. The summed E-state index contributed by atoms with van der Waals surface area (Å²) in [6, 6.07) is 8.82. The van der Waals surface area contributed by atoms with Gasteiger partial charge in [0.2, 0.25) is 0 Å². The van der Waals surface area contributed by atoms with E-state index in [1.807, 2.05) is 6.92 Å². The Morgan fingerprint density at radius 3 is 2.65 bits per heavy atom. The first-order valence-electron chi connectivity index (χ1n) is 6.31. The van der Waals surface area contributed by atoms with Gasteiger partial charge in [-0.25, -0.2) is 13.8 Å². The third-order valence-corrected chi connectivity index (χ3v) is 3.26. The lowest BCUT2D eigenvalue weighted by atomic mass is 10.2. The average Bonchev–Trinajstić information content (AvgIpc) is 2.76. The molecule has 0 saturated heterocycles. The standard InChI is InChI=1S/C15H13F2N3/c1-2-20-14-7-9(16)3-6-13(14)19-15(20)11-5-4-10(18)8-12(11)17/h3-8H,2,18H2,1H3. The normalized spacial score (nSPS) is 11.2. The first-order valence-corrected chi connectivity index (χ1v) is 6.31. The van der Waals surface area contributed by atoms with E-state index in [-0.39, 0.29) is 5.82 Å². The lowest BCUT2D eigenvalue weighted by Crippen LogP contribution is -2.00. The molecule has 102 valence electrons. The van der Waals surface area contributed by atoms with E-state index < -0.39 is 5.82 Å². The highest BCUT2D eigenvalue weighted by Gasteiger charge is 2.15. The molecule has 5 heteroatoms. The molecule has 1 heterocycles. The van der Waals surface area contributed by atoms with Crippen LogP contribution in [0.1, 0.15) is 6.92 Å². The number of anilines is 1. The predicted molar refractivity (Wildman–Crippen MR) is 75.2 cm³/mol. The largest absolute Gasteiger partial charge is 0.399 e. The van der Waals surface area contributed by atoms with Crippen LogP contribution in [0.25, 0.3) is 22.4 Å². The zero-order valence-corrected chi connectivity index (χ0v) is 10.9. The van der Waals surface area contributed by atoms with Crippen molar-refractivity contribution in [3.8, 4) is 11.4 Å². The van der Waals surface area contributed by atoms with Crippen LogP contribution in [0.3, 0.4) is 0 Å². The van der Waals surface area contributed by atoms with Gasteiger partial charge in [-0.2, -0.15) is 0 Å². The Hall–Kier alpha value is -2.43. The van der Waals surface area contributed by atoms with Gasteiger partial charge in [-0.3, -0.25) is 0 Å². The predicted octanol–water partition coefficient (Wildman–Crippen LogP) is 3.58. The van der Waals surface area contributed by atoms with E-state index >= 15 is 0 Å². The Labute approximate surface area is 114 Å². The molecule has 0 bridgehead atoms. The van der Waals surface area contributed by atoms with Crippen LogP contribution >= 0.6 is 0 Å². The van der Waals surface area contributed by atoms with E-state index in [0.717, 1.165) is 0 Å². The number of nitrogens with zero attached hydrogens (tertiary/aromatic N) is 2. The molecule has 0 aliphatic rings. The van der Waals surface area contributed by atoms with Crippen LogP contribution in [0, 0.1) is 11.6 Å². The van der Waals surface area contributed by atoms with E-state index in [4.69, 9.17) is 5.73 Å². The molecule has 2 N–H and O–H groups in total. The number of hydrogen-bond acceptors (Lipinski definition) is 2. The molecule has 0 aliphatic carbocycles. The van der Waals surface area contributed by atoms with Crippen LogP contribution < -0.4 is 5.73 Å². The van der Waals surface area contributed by atoms with Crippen molar-refractivity contribution in [2.24, 2.45) is 0 Å². The highest BCUT2D eigenvalue weighted by Crippen LogP contribution is 2.28. The summed E-state index contributed by atoms with van der Waals surface area (Å²) in [4.78, 5) is 4.40. The molecule has 3 aromatic rings. The van der Waals surface area contributed by atoms with Crippen molar-refractivity contribution in [3.05, 3.63) is 48.0 Å². The van der Waals surface area contributed by atoms with Gasteiger partial charge in [-0.15, -0.1) is 0 Å². The highest BCUT2D eigenvalue weighted by molar-refractivity contribution is 5.81. The maximum atomic E-state index is 14.1. The summed E-state index contributed by atoms with van der Waals surface area (Å²) in [5.74, 6) is -0.294. The third-order valence-electron chi connectivity index (χ3n) is 3.26. The number of nitrogens with two attached hydrogens (primary N) is 1. The van der Waals surface area contributed by atoms with Gasteiger partial charge < -0.3 is 10.3 Å². The van der Waals surface area contributed by atoms with Gasteiger partial charge in [0.1, 0.15) is 17.5 Å². The van der Waals surface area contributed by atoms with E-state index in [1.54, 1.807) is 22.8 Å². The van der Waals surface area contributed by atoms with Crippen molar-refractivity contribution in [1.29, 1.82) is 0 Å². The molecule has 0 spiro atoms. The number of benzene rings is 2. The van der Waals surface area contributed by atoms with E-state index in [0.29, 0.717) is 34.7 Å². The number of aryl methyl sites for hydroxylation is 1. The van der Waals surface area contributed by atoms with Crippen LogP contribution in [-0.2, 0) is 6.54 Å². The third kappa shape index (κ3) is 1.91. The Bertz CT molecular complexity index is 793. The zero-order chi connectivity index (χ0) is 14.3. The molecular weight excluding hydrogens is 260 g/mol. The molecule has 2 aromatic carbocycles. The minimum atomic E-state index is -0.435. The van der Waals surface area contributed by atoms with Crippen molar-refractivity contribution in [2.45, 2.75) is 13.5 Å². The number of fused-ring (bicyclic) bond motifs is 1. The molecule has 20 heavy (non-hydrogen) atoms. The van der Waals surface area contributed by atoms with Gasteiger partial charge >= 0.3 is 0 Å². The average molecular weight is 273 g/mol. The number of imidazole rings is 1. The Balaban J connectivity index is 2.30. The highest BCUT2D eigenvalue weighted by atomic mass is 19.1. The molecule has 0 saturated carbocycles. The lowest BCUT2D eigenvalue weighted by molar-refractivity contribution is 0.626. The zero-order valence-electron chi connectivity index (χ0n) is 10.9. The van der Waals surface area contributed by atoms with Crippen LogP contribution in [0.2, 0.25) is 0 Å². The summed E-state index contributed by atoms with van der Waals surface area (Å²) in [5.41, 5.74) is 7.56. The van der Waals surface area contributed by atoms with Crippen LogP contribution in [0.15, 0.2) is 36.4 Å². The Morgan fingerprint density at radius 1 is 1.15 bits per heavy atom. The second-order valence-electron chi connectivity index (χ2n) is 4.55. The Morgan fingerprint density at radius 2 is 1.95 bits per heavy atom. The molecule has 0 unspecified atom stereocenters. The minimum absolute atomic E-state index is 0.337. The Kier molecular flexibility index (Phi) is 2.89. The summed E-state index contributed by atoms with van der Waals surface area (Å²) >= 11 is 0. The van der Waals surface area contributed by atoms with Crippen molar-refractivity contribution in [2.75, 3.05) is 5.73 Å². The molecule has 3 nitrogen and oxygen atoms in total. The first kappa shape index (κ1) is 12.6. The van der Waals surface area contributed by atoms with Gasteiger partial charge in [0.25, 0.3) is 0 Å². The number of hydrogen-bond donors (Lipinski definition) is 1. The van der Waals surface area contributed by atoms with Crippen LogP contribution in [0.5, 0.6) is 0 Å². The molecule has 0 aliphatic heterocycles. The topological polar surface area (TPSA) is 43.8 Å². The van der Waals surface area contributed by atoms with Crippen LogP contribution in [0.4, 0.5) is 14.5 Å². The van der Waals surface area contributed by atoms with E-state index in [2.05, 4.69) is 4.98 Å². The summed E-state index contributed by atoms with van der Waals surface area (Å²) in [5, 5.41) is 0. The summed E-state index contributed by atoms with van der Waals surface area (Å²) < 4.78 is 29.2. The van der Waals surface area contributed by atoms with E-state index in [9.17, 15) is 8.78 Å². The van der Waals surface area contributed by atoms with Gasteiger partial charge in [-0.05, 0) is 43.3 Å². The molecule has 0 amide bonds. The number of aromatic nitrogens is 2. The minimum Gasteiger partial charge on any atom is -0.399 e. The molecular formula is C15H13F2N3. The number of rotatable bonds is 2. The van der Waals surface area contributed by atoms with Gasteiger partial charge in [0.05, 0.1) is 16.6 Å². The van der Waals surface area contributed by atoms with E-state index in [1.165, 1.54) is 18.2 Å². The fraction of sp³-hybridized carbons (Fsp3) is 0.133. The van der Waals surface area contributed by atoms with Crippen molar-refractivity contribution in [3.63, 3.8) is 0 Å². The smallest absolute Gasteiger partial charge is 0.144 e. The monoisotopic (exact) mass is 273 g/mol. The van der Waals surface area contributed by atoms with Crippen molar-refractivity contribution in [1.82, 2.24) is 9.55 Å². The molecule has 3 rings (SSSR count). The molecule has 0 fully saturated rings. The summed E-state index contributed by atoms with van der Waals surface area (Å²) in [7, 11) is 0. The second-order valence-corrected chi connectivity index (χ2v) is 4.55. The van der Waals surface area contributed by atoms with Crippen molar-refractivity contribution < 1.29 is 8.78 Å². The van der Waals surface area contributed by atoms with Crippen molar-refractivity contribution >= 4 is 16.7 Å². The maximum Gasteiger partial charge on any atom is 0.144 e.